The zero-order valence-corrected chi connectivity index (χ0v) is 11.0. The van der Waals surface area contributed by atoms with Crippen LogP contribution in [0.4, 0.5) is 5.69 Å². The fourth-order valence-electron chi connectivity index (χ4n) is 1.88. The molecule has 0 fully saturated rings. The molecule has 21 heavy (non-hydrogen) atoms. The number of nitrogens with two attached hydrogens (primary N) is 1. The number of carbonyl (C=O) groups is 2. The fourth-order valence-corrected chi connectivity index (χ4v) is 1.88. The van der Waals surface area contributed by atoms with E-state index in [0.717, 1.165) is 0 Å². The summed E-state index contributed by atoms with van der Waals surface area (Å²) in [6, 6.07) is 7.69. The van der Waals surface area contributed by atoms with E-state index in [9.17, 15) is 9.59 Å². The molecule has 0 bridgehead atoms. The highest BCUT2D eigenvalue weighted by atomic mass is 16.5. The lowest BCUT2D eigenvalue weighted by Crippen LogP contribution is -2.11. The van der Waals surface area contributed by atoms with Crippen molar-refractivity contribution in [3.8, 4) is 11.8 Å². The maximum Gasteiger partial charge on any atom is 0.357 e. The van der Waals surface area contributed by atoms with Crippen molar-refractivity contribution >= 4 is 17.6 Å². The van der Waals surface area contributed by atoms with Crippen LogP contribution in [0.1, 0.15) is 26.4 Å². The molecule has 0 atom stereocenters. The number of benzene rings is 1. The number of nitrogen functional groups attached to an aromatic ring is 1. The molecule has 0 spiro atoms. The zero-order valence-electron chi connectivity index (χ0n) is 11.0. The second-order valence-corrected chi connectivity index (χ2v) is 4.13. The maximum absolute atomic E-state index is 11.8. The molecule has 0 unspecified atom stereocenters. The highest BCUT2D eigenvalue weighted by Gasteiger charge is 2.21. The second kappa shape index (κ2) is 5.38. The van der Waals surface area contributed by atoms with E-state index in [4.69, 9.17) is 16.1 Å². The van der Waals surface area contributed by atoms with Gasteiger partial charge in [-0.25, -0.2) is 9.59 Å². The molecule has 0 radical (unpaired) electrons. The van der Waals surface area contributed by atoms with Gasteiger partial charge in [0.2, 0.25) is 0 Å². The number of nitriles is 1. The van der Waals surface area contributed by atoms with E-state index in [0.29, 0.717) is 5.69 Å². The zero-order chi connectivity index (χ0) is 15.6. The molecule has 106 valence electrons. The van der Waals surface area contributed by atoms with Crippen LogP contribution in [0.3, 0.4) is 0 Å². The van der Waals surface area contributed by atoms with Gasteiger partial charge < -0.3 is 20.1 Å². The highest BCUT2D eigenvalue weighted by Crippen LogP contribution is 2.24. The van der Waals surface area contributed by atoms with Crippen LogP contribution in [0, 0.1) is 11.3 Å². The molecule has 1 heterocycles. The fraction of sp³-hybridized carbons (Fsp3) is 0.0714. The smallest absolute Gasteiger partial charge is 0.357 e. The monoisotopic (exact) mass is 285 g/mol. The molecule has 1 aromatic heterocycles. The lowest BCUT2D eigenvalue weighted by Gasteiger charge is -2.08. The van der Waals surface area contributed by atoms with Crippen molar-refractivity contribution in [1.29, 1.82) is 5.26 Å². The van der Waals surface area contributed by atoms with Gasteiger partial charge in [-0.05, 0) is 24.3 Å². The third kappa shape index (κ3) is 2.42. The van der Waals surface area contributed by atoms with Crippen molar-refractivity contribution in [3.63, 3.8) is 0 Å². The summed E-state index contributed by atoms with van der Waals surface area (Å²) in [4.78, 5) is 22.6. The minimum atomic E-state index is -1.06. The molecule has 7 nitrogen and oxygen atoms in total. The Morgan fingerprint density at radius 2 is 1.95 bits per heavy atom. The van der Waals surface area contributed by atoms with E-state index in [1.807, 2.05) is 6.07 Å². The van der Waals surface area contributed by atoms with Crippen LogP contribution in [-0.4, -0.2) is 28.7 Å². The Labute approximate surface area is 119 Å². The van der Waals surface area contributed by atoms with Crippen molar-refractivity contribution in [2.75, 3.05) is 12.8 Å². The predicted molar refractivity (Wildman–Crippen MR) is 73.2 cm³/mol. The Kier molecular flexibility index (Phi) is 3.63. The van der Waals surface area contributed by atoms with E-state index in [-0.39, 0.29) is 22.5 Å². The minimum Gasteiger partial charge on any atom is -0.478 e. The minimum absolute atomic E-state index is 0.0201. The van der Waals surface area contributed by atoms with Crippen LogP contribution < -0.4 is 5.73 Å². The topological polar surface area (TPSA) is 118 Å². The first-order valence-corrected chi connectivity index (χ1v) is 5.82. The first kappa shape index (κ1) is 14.1. The molecule has 0 aliphatic rings. The molecule has 3 N–H and O–H groups in total. The number of carboxylic acids is 1. The molecule has 7 heteroatoms. The quantitative estimate of drug-likeness (QED) is 0.823. The van der Waals surface area contributed by atoms with Gasteiger partial charge in [-0.1, -0.05) is 0 Å². The van der Waals surface area contributed by atoms with Crippen LogP contribution in [-0.2, 0) is 4.74 Å². The number of hydrogen-bond donors (Lipinski definition) is 2. The van der Waals surface area contributed by atoms with Crippen LogP contribution >= 0.6 is 0 Å². The van der Waals surface area contributed by atoms with Gasteiger partial charge >= 0.3 is 11.9 Å². The summed E-state index contributed by atoms with van der Waals surface area (Å²) in [5.41, 5.74) is 6.55. The normalized spacial score (nSPS) is 9.90. The van der Waals surface area contributed by atoms with Crippen molar-refractivity contribution in [2.45, 2.75) is 0 Å². The number of carboxylic acid groups (broad SMARTS) is 1. The SMILES string of the molecule is COC(=O)c1c(N)c(C#N)cn1-c1ccc(C(=O)O)cc1. The largest absolute Gasteiger partial charge is 0.478 e. The first-order valence-electron chi connectivity index (χ1n) is 5.82. The van der Waals surface area contributed by atoms with E-state index < -0.39 is 11.9 Å². The molecule has 2 aromatic rings. The Morgan fingerprint density at radius 1 is 1.33 bits per heavy atom. The lowest BCUT2D eigenvalue weighted by molar-refractivity contribution is 0.0592. The summed E-state index contributed by atoms with van der Waals surface area (Å²) in [7, 11) is 1.21. The number of ether oxygens (including phenoxy) is 1. The van der Waals surface area contributed by atoms with Crippen LogP contribution in [0.25, 0.3) is 5.69 Å². The lowest BCUT2D eigenvalue weighted by atomic mass is 10.2. The number of methoxy groups -OCH3 is 1. The molecule has 0 saturated heterocycles. The molecule has 1 aromatic carbocycles. The number of nitrogens with zero attached hydrogens (tertiary/aromatic N) is 2. The van der Waals surface area contributed by atoms with E-state index >= 15 is 0 Å². The van der Waals surface area contributed by atoms with Gasteiger partial charge in [-0.3, -0.25) is 0 Å². The number of esters is 1. The predicted octanol–water partition coefficient (Wildman–Crippen LogP) is 1.42. The van der Waals surface area contributed by atoms with Gasteiger partial charge in [0.05, 0.1) is 23.9 Å². The first-order chi connectivity index (χ1) is 9.99. The van der Waals surface area contributed by atoms with Crippen molar-refractivity contribution in [1.82, 2.24) is 4.57 Å². The van der Waals surface area contributed by atoms with E-state index in [1.165, 1.54) is 42.1 Å². The summed E-state index contributed by atoms with van der Waals surface area (Å²) in [6.45, 7) is 0. The standard InChI is InChI=1S/C14H11N3O4/c1-21-14(20)12-11(16)9(6-15)7-17(12)10-4-2-8(3-5-10)13(18)19/h2-5,7H,16H2,1H3,(H,18,19). The number of carbonyl (C=O) groups excluding carboxylic acids is 1. The van der Waals surface area contributed by atoms with Gasteiger partial charge in [0, 0.05) is 11.9 Å². The van der Waals surface area contributed by atoms with Gasteiger partial charge in [0.25, 0.3) is 0 Å². The van der Waals surface area contributed by atoms with Gasteiger partial charge in [-0.15, -0.1) is 0 Å². The third-order valence-corrected chi connectivity index (χ3v) is 2.94. The molecular formula is C14H11N3O4. The molecule has 0 amide bonds. The number of hydrogen-bond acceptors (Lipinski definition) is 5. The van der Waals surface area contributed by atoms with Crippen LogP contribution in [0.15, 0.2) is 30.5 Å². The summed E-state index contributed by atoms with van der Waals surface area (Å²) >= 11 is 0. The molecule has 0 aliphatic heterocycles. The van der Waals surface area contributed by atoms with Gasteiger partial charge in [-0.2, -0.15) is 5.26 Å². The Hall–Kier alpha value is -3.27. The molecule has 0 saturated carbocycles. The van der Waals surface area contributed by atoms with Crippen molar-refractivity contribution in [3.05, 3.63) is 47.3 Å². The Bertz CT molecular complexity index is 754. The van der Waals surface area contributed by atoms with Gasteiger partial charge in [0.1, 0.15) is 6.07 Å². The molecule has 2 rings (SSSR count). The summed E-state index contributed by atoms with van der Waals surface area (Å²) in [5, 5.41) is 17.9. The van der Waals surface area contributed by atoms with Gasteiger partial charge in [0.15, 0.2) is 5.69 Å². The average Bonchev–Trinajstić information content (AvgIpc) is 2.83. The van der Waals surface area contributed by atoms with E-state index in [2.05, 4.69) is 4.74 Å². The van der Waals surface area contributed by atoms with E-state index in [1.54, 1.807) is 0 Å². The van der Waals surface area contributed by atoms with Crippen molar-refractivity contribution in [2.24, 2.45) is 0 Å². The average molecular weight is 285 g/mol. The number of aromatic carboxylic acids is 1. The van der Waals surface area contributed by atoms with Crippen molar-refractivity contribution < 1.29 is 19.4 Å². The number of anilines is 1. The second-order valence-electron chi connectivity index (χ2n) is 4.13. The number of aromatic nitrogens is 1. The maximum atomic E-state index is 11.8. The number of rotatable bonds is 3. The summed E-state index contributed by atoms with van der Waals surface area (Å²) in [6.07, 6.45) is 1.40. The summed E-state index contributed by atoms with van der Waals surface area (Å²) in [5.74, 6) is -1.74. The highest BCUT2D eigenvalue weighted by molar-refractivity contribution is 5.96. The van der Waals surface area contributed by atoms with Crippen LogP contribution in [0.5, 0.6) is 0 Å². The third-order valence-electron chi connectivity index (χ3n) is 2.94. The molecular weight excluding hydrogens is 274 g/mol. The van der Waals surface area contributed by atoms with Crippen LogP contribution in [0.2, 0.25) is 0 Å². The Morgan fingerprint density at radius 3 is 2.43 bits per heavy atom. The Balaban J connectivity index is 2.60. The summed E-state index contributed by atoms with van der Waals surface area (Å²) < 4.78 is 6.05. The molecule has 0 aliphatic carbocycles.